The molecule has 0 aliphatic carbocycles. The first-order valence-electron chi connectivity index (χ1n) is 27.9. The Hall–Kier alpha value is -4.16. The van der Waals surface area contributed by atoms with E-state index < -0.39 is 63.3 Å². The lowest BCUT2D eigenvalue weighted by molar-refractivity contribution is -0.289. The standard InChI is InChI=1S/C63H102N2O10/c1-25-41(27-43-29-47(55(5,6)7)51(68)48(30-43)56(8,9)10)37-72-53(70)63(45-33-59(17,18)64(74-39(3)66)60(19,20)34-45,46-35-61(21,22)65(75-40(4)67)62(23,24)36-46)54(71)73-38-42(26-2)28-44-31-49(57(11,12)13)52(69)50(32-44)58(14,15)16/h29-32,41-42,45-46,68-69H,25-28,33-38H2,1-24H3. The highest BCUT2D eigenvalue weighted by atomic mass is 16.7. The van der Waals surface area contributed by atoms with Crippen LogP contribution in [-0.4, -0.2) is 79.6 Å². The Morgan fingerprint density at radius 1 is 0.507 bits per heavy atom. The molecule has 12 nitrogen and oxygen atoms in total. The van der Waals surface area contributed by atoms with Gasteiger partial charge < -0.3 is 29.4 Å². The first-order valence-corrected chi connectivity index (χ1v) is 27.9. The number of nitrogens with zero attached hydrogens (tertiary/aromatic N) is 2. The van der Waals surface area contributed by atoms with Crippen LogP contribution in [0.25, 0.3) is 0 Å². The van der Waals surface area contributed by atoms with Gasteiger partial charge in [-0.2, -0.15) is 0 Å². The molecule has 2 N–H and O–H groups in total. The second kappa shape index (κ2) is 22.3. The molecule has 4 rings (SSSR count). The number of hydroxylamine groups is 4. The first kappa shape index (κ1) is 63.4. The van der Waals surface area contributed by atoms with Crippen LogP contribution in [0.4, 0.5) is 0 Å². The van der Waals surface area contributed by atoms with Crippen LogP contribution < -0.4 is 0 Å². The van der Waals surface area contributed by atoms with Crippen molar-refractivity contribution in [2.45, 2.75) is 261 Å². The second-order valence-corrected chi connectivity index (χ2v) is 29.3. The summed E-state index contributed by atoms with van der Waals surface area (Å²) in [6.45, 7) is 47.9. The zero-order chi connectivity index (χ0) is 57.6. The van der Waals surface area contributed by atoms with Crippen LogP contribution >= 0.6 is 0 Å². The van der Waals surface area contributed by atoms with Gasteiger partial charge in [-0.25, -0.2) is 0 Å². The summed E-state index contributed by atoms with van der Waals surface area (Å²) in [5.41, 5.74) is -1.14. The van der Waals surface area contributed by atoms with Crippen LogP contribution in [0.3, 0.4) is 0 Å². The normalized spacial score (nSPS) is 19.7. The van der Waals surface area contributed by atoms with E-state index >= 15 is 9.59 Å². The summed E-state index contributed by atoms with van der Waals surface area (Å²) in [5, 5.41) is 26.6. The fraction of sp³-hybridized carbons (Fsp3) is 0.746. The number of carbonyl (C=O) groups excluding carboxylic acids is 4. The smallest absolute Gasteiger partial charge is 0.324 e. The number of hydrogen-bond donors (Lipinski definition) is 2. The molecule has 2 heterocycles. The molecule has 75 heavy (non-hydrogen) atoms. The van der Waals surface area contributed by atoms with Crippen molar-refractivity contribution in [3.05, 3.63) is 57.6 Å². The molecule has 2 aromatic rings. The van der Waals surface area contributed by atoms with Crippen LogP contribution in [0.2, 0.25) is 0 Å². The van der Waals surface area contributed by atoms with Crippen molar-refractivity contribution in [3.8, 4) is 11.5 Å². The fourth-order valence-electron chi connectivity index (χ4n) is 12.9. The van der Waals surface area contributed by atoms with E-state index in [1.54, 1.807) is 10.1 Å². The Morgan fingerprint density at radius 2 is 0.747 bits per heavy atom. The molecule has 2 aliphatic heterocycles. The van der Waals surface area contributed by atoms with Gasteiger partial charge in [0, 0.05) is 13.8 Å². The lowest BCUT2D eigenvalue weighted by Gasteiger charge is -2.59. The minimum atomic E-state index is -1.88. The third-order valence-electron chi connectivity index (χ3n) is 16.3. The summed E-state index contributed by atoms with van der Waals surface area (Å²) in [7, 11) is 0. The minimum absolute atomic E-state index is 0.0315. The lowest BCUT2D eigenvalue weighted by atomic mass is 9.53. The van der Waals surface area contributed by atoms with E-state index in [4.69, 9.17) is 19.1 Å². The molecule has 2 aliphatic rings. The number of esters is 2. The van der Waals surface area contributed by atoms with Crippen LogP contribution in [0.1, 0.15) is 238 Å². The van der Waals surface area contributed by atoms with Gasteiger partial charge in [0.15, 0.2) is 5.41 Å². The number of phenols is 2. The van der Waals surface area contributed by atoms with Crippen LogP contribution in [0.15, 0.2) is 24.3 Å². The van der Waals surface area contributed by atoms with E-state index in [1.807, 2.05) is 55.4 Å². The molecule has 2 atom stereocenters. The SMILES string of the molecule is CCC(COC(=O)C(C(=O)OCC(CC)Cc1cc(C(C)(C)C)c(O)c(C(C)(C)C)c1)(C1CC(C)(C)N(OC(C)=O)C(C)(C)C1)C1CC(C)(C)N(OC(C)=O)C(C)(C)C1)Cc1cc(C(C)(C)C)c(O)c(C(C)(C)C)c1. The molecule has 2 aromatic carbocycles. The Balaban J connectivity index is 1.96. The molecule has 0 amide bonds. The average Bonchev–Trinajstić information content (AvgIpc) is 3.22. The largest absolute Gasteiger partial charge is 0.507 e. The molecule has 0 radical (unpaired) electrons. The van der Waals surface area contributed by atoms with Gasteiger partial charge in [0.05, 0.1) is 35.4 Å². The summed E-state index contributed by atoms with van der Waals surface area (Å²) < 4.78 is 13.5. The molecule has 2 fully saturated rings. The first-order chi connectivity index (χ1) is 33.9. The van der Waals surface area contributed by atoms with E-state index in [1.165, 1.54) is 13.8 Å². The summed E-state index contributed by atoms with van der Waals surface area (Å²) in [5.74, 6) is -3.22. The maximum atomic E-state index is 16.3. The minimum Gasteiger partial charge on any atom is -0.507 e. The number of aromatic hydroxyl groups is 2. The third kappa shape index (κ3) is 14.3. The summed E-state index contributed by atoms with van der Waals surface area (Å²) in [6.07, 6.45) is 3.61. The molecule has 0 aromatic heterocycles. The highest BCUT2D eigenvalue weighted by molar-refractivity contribution is 6.01. The number of piperidine rings is 2. The average molecular weight is 1050 g/mol. The van der Waals surface area contributed by atoms with Gasteiger partial charge in [-0.05, 0) is 185 Å². The van der Waals surface area contributed by atoms with Crippen molar-refractivity contribution in [1.29, 1.82) is 0 Å². The van der Waals surface area contributed by atoms with Crippen molar-refractivity contribution in [2.75, 3.05) is 13.2 Å². The third-order valence-corrected chi connectivity index (χ3v) is 16.3. The fourth-order valence-corrected chi connectivity index (χ4v) is 12.9. The molecule has 0 saturated carbocycles. The molecular formula is C63H102N2O10. The summed E-state index contributed by atoms with van der Waals surface area (Å²) >= 11 is 0. The van der Waals surface area contributed by atoms with Crippen LogP contribution in [-0.2, 0) is 72.8 Å². The highest BCUT2D eigenvalue weighted by Gasteiger charge is 2.67. The molecule has 424 valence electrons. The summed E-state index contributed by atoms with van der Waals surface area (Å²) in [6, 6.07) is 8.31. The van der Waals surface area contributed by atoms with Gasteiger partial charge in [-0.15, -0.1) is 10.1 Å². The summed E-state index contributed by atoms with van der Waals surface area (Å²) in [4.78, 5) is 70.0. The molecule has 2 saturated heterocycles. The molecule has 0 spiro atoms. The van der Waals surface area contributed by atoms with Crippen molar-refractivity contribution in [3.63, 3.8) is 0 Å². The van der Waals surface area contributed by atoms with Gasteiger partial charge in [0.1, 0.15) is 11.5 Å². The van der Waals surface area contributed by atoms with Gasteiger partial charge in [0.25, 0.3) is 0 Å². The Morgan fingerprint density at radius 3 is 0.947 bits per heavy atom. The van der Waals surface area contributed by atoms with Crippen LogP contribution in [0.5, 0.6) is 11.5 Å². The van der Waals surface area contributed by atoms with Crippen molar-refractivity contribution >= 4 is 23.9 Å². The molecule has 2 unspecified atom stereocenters. The Labute approximate surface area is 453 Å². The van der Waals surface area contributed by atoms with E-state index in [0.717, 1.165) is 33.4 Å². The molecule has 12 heteroatoms. The van der Waals surface area contributed by atoms with Gasteiger partial charge >= 0.3 is 23.9 Å². The number of hydrogen-bond acceptors (Lipinski definition) is 12. The second-order valence-electron chi connectivity index (χ2n) is 29.3. The number of ether oxygens (including phenoxy) is 2. The topological polar surface area (TPSA) is 152 Å². The number of benzene rings is 2. The van der Waals surface area contributed by atoms with E-state index in [2.05, 4.69) is 121 Å². The lowest BCUT2D eigenvalue weighted by Crippen LogP contribution is -2.69. The highest BCUT2D eigenvalue weighted by Crippen LogP contribution is 2.58. The van der Waals surface area contributed by atoms with Gasteiger partial charge in [0.2, 0.25) is 0 Å². The Bertz CT molecular complexity index is 2110. The van der Waals surface area contributed by atoms with E-state index in [0.29, 0.717) is 37.2 Å². The number of phenolic OH excluding ortho intramolecular Hbond substituents is 2. The monoisotopic (exact) mass is 1050 g/mol. The van der Waals surface area contributed by atoms with E-state index in [-0.39, 0.29) is 72.4 Å². The van der Waals surface area contributed by atoms with Crippen molar-refractivity contribution in [1.82, 2.24) is 10.1 Å². The zero-order valence-corrected chi connectivity index (χ0v) is 51.2. The number of rotatable bonds is 16. The maximum absolute atomic E-state index is 16.3. The van der Waals surface area contributed by atoms with Crippen molar-refractivity contribution in [2.24, 2.45) is 29.1 Å². The van der Waals surface area contributed by atoms with E-state index in [9.17, 15) is 19.8 Å². The predicted octanol–water partition coefficient (Wildman–Crippen LogP) is 13.7. The Kier molecular flexibility index (Phi) is 18.8. The zero-order valence-electron chi connectivity index (χ0n) is 51.2. The van der Waals surface area contributed by atoms with Crippen molar-refractivity contribution < 1.29 is 48.5 Å². The maximum Gasteiger partial charge on any atom is 0.324 e. The quantitative estimate of drug-likeness (QED) is 0.122. The number of carbonyl (C=O) groups is 4. The molecule has 0 bridgehead atoms. The van der Waals surface area contributed by atoms with Gasteiger partial charge in [-0.3, -0.25) is 19.2 Å². The van der Waals surface area contributed by atoms with Crippen LogP contribution in [0, 0.1) is 29.1 Å². The predicted molar refractivity (Wildman–Crippen MR) is 299 cm³/mol. The molecular weight excluding hydrogens is 945 g/mol. The van der Waals surface area contributed by atoms with Gasteiger partial charge in [-0.1, -0.05) is 121 Å².